The van der Waals surface area contributed by atoms with Gasteiger partial charge in [0, 0.05) is 36.8 Å². The summed E-state index contributed by atoms with van der Waals surface area (Å²) in [6.07, 6.45) is 1.53. The van der Waals surface area contributed by atoms with Gasteiger partial charge in [-0.05, 0) is 23.8 Å². The van der Waals surface area contributed by atoms with E-state index in [9.17, 15) is 9.18 Å². The Morgan fingerprint density at radius 3 is 2.42 bits per heavy atom. The monoisotopic (exact) mass is 381 g/mol. The first-order chi connectivity index (χ1) is 12.6. The van der Waals surface area contributed by atoms with Gasteiger partial charge < -0.3 is 15.8 Å². The number of alkyl halides is 1. The number of nitrogen functional groups attached to an aromatic ring is 1. The second kappa shape index (κ2) is 14.7. The average Bonchev–Trinajstić information content (AvgIpc) is 2.70. The zero-order chi connectivity index (χ0) is 19.8. The molecule has 0 bridgehead atoms. The highest BCUT2D eigenvalue weighted by Gasteiger charge is 2.02. The fourth-order valence-corrected chi connectivity index (χ4v) is 2.04. The molecule has 2 rings (SSSR count). The normalized spacial score (nSPS) is 9.81. The van der Waals surface area contributed by atoms with E-state index in [1.54, 1.807) is 38.4 Å². The van der Waals surface area contributed by atoms with Crippen LogP contribution in [0.15, 0.2) is 53.5 Å². The zero-order valence-corrected chi connectivity index (χ0v) is 16.0. The first kappa shape index (κ1) is 23.4. The fourth-order valence-electron chi connectivity index (χ4n) is 1.82. The molecule has 0 heterocycles. The van der Waals surface area contributed by atoms with Crippen LogP contribution in [0.25, 0.3) is 0 Å². The number of nitrogens with two attached hydrogens (primary N) is 1. The molecule has 2 aromatic rings. The number of nitrogens with zero attached hydrogens (tertiary/aromatic N) is 1. The lowest BCUT2D eigenvalue weighted by atomic mass is 10.1. The first-order valence-corrected chi connectivity index (χ1v) is 8.17. The Labute approximate surface area is 159 Å². The van der Waals surface area contributed by atoms with Gasteiger partial charge >= 0.3 is 0 Å². The van der Waals surface area contributed by atoms with E-state index in [4.69, 9.17) is 22.1 Å². The second-order valence-corrected chi connectivity index (χ2v) is 5.16. The summed E-state index contributed by atoms with van der Waals surface area (Å²) in [5.74, 6) is 0. The maximum atomic E-state index is 10.0. The molecule has 26 heavy (non-hydrogen) atoms. The maximum Gasteiger partial charge on any atom is 0.284 e. The van der Waals surface area contributed by atoms with Gasteiger partial charge in [0.25, 0.3) is 6.02 Å². The number of ether oxygens (including phenoxy) is 1. The summed E-state index contributed by atoms with van der Waals surface area (Å²) in [7, 11) is 3.93. The molecule has 0 fully saturated rings. The van der Waals surface area contributed by atoms with E-state index in [1.807, 2.05) is 24.3 Å². The number of hydrogen-bond donors (Lipinski definition) is 2. The summed E-state index contributed by atoms with van der Waals surface area (Å²) < 4.78 is 14.9. The van der Waals surface area contributed by atoms with E-state index in [2.05, 4.69) is 10.3 Å². The van der Waals surface area contributed by atoms with Crippen molar-refractivity contribution < 1.29 is 13.9 Å². The van der Waals surface area contributed by atoms with Gasteiger partial charge in [0.05, 0.1) is 13.8 Å². The van der Waals surface area contributed by atoms with Crippen molar-refractivity contribution in [1.82, 2.24) is 5.32 Å². The number of carbonyl (C=O) groups is 1. The molecular weight excluding hydrogens is 357 g/mol. The van der Waals surface area contributed by atoms with Crippen LogP contribution in [0.1, 0.15) is 15.9 Å². The van der Waals surface area contributed by atoms with Crippen LogP contribution in [-0.4, -0.2) is 40.2 Å². The average molecular weight is 382 g/mol. The lowest BCUT2D eigenvalue weighted by Gasteiger charge is -2.09. The molecule has 2 aromatic carbocycles. The van der Waals surface area contributed by atoms with Crippen molar-refractivity contribution >= 4 is 29.6 Å². The van der Waals surface area contributed by atoms with Gasteiger partial charge in [0.1, 0.15) is 6.29 Å². The lowest BCUT2D eigenvalue weighted by Crippen LogP contribution is -2.22. The number of amidine groups is 1. The quantitative estimate of drug-likeness (QED) is 0.366. The maximum absolute atomic E-state index is 10.0. The summed E-state index contributed by atoms with van der Waals surface area (Å²) in [5.41, 5.74) is 8.09. The molecular formula is C19H25ClFN3O2. The van der Waals surface area contributed by atoms with Crippen LogP contribution in [-0.2, 0) is 11.2 Å². The Hall–Kier alpha value is -2.60. The number of halogens is 2. The second-order valence-electron chi connectivity index (χ2n) is 4.76. The van der Waals surface area contributed by atoms with Gasteiger partial charge in [0.2, 0.25) is 0 Å². The molecule has 0 aromatic heterocycles. The fraction of sp³-hybridized carbons (Fsp3) is 0.263. The highest BCUT2D eigenvalue weighted by Crippen LogP contribution is 2.19. The predicted octanol–water partition coefficient (Wildman–Crippen LogP) is 3.77. The number of rotatable bonds is 4. The van der Waals surface area contributed by atoms with Crippen molar-refractivity contribution in [3.05, 3.63) is 64.7 Å². The van der Waals surface area contributed by atoms with E-state index < -0.39 is 0 Å². The first-order valence-electron chi connectivity index (χ1n) is 7.80. The minimum Gasteiger partial charge on any atom is -0.465 e. The summed E-state index contributed by atoms with van der Waals surface area (Å²) in [4.78, 5) is 13.9. The zero-order valence-electron chi connectivity index (χ0n) is 15.2. The number of nitrogens with one attached hydrogen (secondary N) is 1. The minimum absolute atomic E-state index is 0.500. The molecule has 0 amide bonds. The molecule has 0 spiro atoms. The van der Waals surface area contributed by atoms with Gasteiger partial charge in [0.15, 0.2) is 0 Å². The van der Waals surface area contributed by atoms with Gasteiger partial charge in [-0.25, -0.2) is 4.99 Å². The van der Waals surface area contributed by atoms with E-state index in [1.165, 1.54) is 0 Å². The number of anilines is 1. The third-order valence-electron chi connectivity index (χ3n) is 3.03. The van der Waals surface area contributed by atoms with Crippen molar-refractivity contribution in [2.24, 2.45) is 4.99 Å². The van der Waals surface area contributed by atoms with Crippen molar-refractivity contribution in [2.45, 2.75) is 6.42 Å². The molecule has 0 radical (unpaired) electrons. The minimum atomic E-state index is 0.500. The van der Waals surface area contributed by atoms with Crippen molar-refractivity contribution in [1.29, 1.82) is 0 Å². The van der Waals surface area contributed by atoms with E-state index in [-0.39, 0.29) is 0 Å². The van der Waals surface area contributed by atoms with Crippen molar-refractivity contribution in [3.8, 4) is 0 Å². The molecule has 0 atom stereocenters. The molecule has 5 nitrogen and oxygen atoms in total. The van der Waals surface area contributed by atoms with Crippen LogP contribution in [0.5, 0.6) is 0 Å². The third-order valence-corrected chi connectivity index (χ3v) is 3.40. The van der Waals surface area contributed by atoms with E-state index in [0.29, 0.717) is 36.9 Å². The van der Waals surface area contributed by atoms with E-state index in [0.717, 1.165) is 17.4 Å². The van der Waals surface area contributed by atoms with Crippen LogP contribution in [0, 0.1) is 0 Å². The largest absolute Gasteiger partial charge is 0.465 e. The number of hydrogen-bond acceptors (Lipinski definition) is 4. The molecule has 0 saturated heterocycles. The standard InChI is InChI=1S/C11H16ClN3O.C7H6O.CH3F/c1-14-11(15-2)16-6-5-8-7-9(13)3-4-10(8)12;8-6-7-4-2-1-3-5-7;1-2/h3-4,7H,5-6,13H2,1-2H3,(H,14,15);1-6H;1H3. The van der Waals surface area contributed by atoms with Crippen LogP contribution in [0.3, 0.4) is 0 Å². The molecule has 3 N–H and O–H groups in total. The van der Waals surface area contributed by atoms with Crippen LogP contribution < -0.4 is 11.1 Å². The molecule has 142 valence electrons. The van der Waals surface area contributed by atoms with Crippen LogP contribution in [0.2, 0.25) is 5.02 Å². The molecule has 0 aliphatic carbocycles. The highest BCUT2D eigenvalue weighted by atomic mass is 35.5. The molecule has 0 aliphatic heterocycles. The number of carbonyl (C=O) groups excluding carboxylic acids is 1. The van der Waals surface area contributed by atoms with Gasteiger partial charge in [-0.15, -0.1) is 0 Å². The highest BCUT2D eigenvalue weighted by molar-refractivity contribution is 6.31. The van der Waals surface area contributed by atoms with Crippen LogP contribution >= 0.6 is 11.6 Å². The van der Waals surface area contributed by atoms with E-state index >= 15 is 0 Å². The Kier molecular flexibility index (Phi) is 13.2. The number of benzene rings is 2. The van der Waals surface area contributed by atoms with Crippen molar-refractivity contribution in [3.63, 3.8) is 0 Å². The molecule has 7 heteroatoms. The molecule has 0 saturated carbocycles. The molecule has 0 aliphatic rings. The summed E-state index contributed by atoms with van der Waals surface area (Å²) in [5, 5.41) is 3.54. The summed E-state index contributed by atoms with van der Waals surface area (Å²) >= 11 is 6.02. The predicted molar refractivity (Wildman–Crippen MR) is 107 cm³/mol. The number of aldehydes is 1. The van der Waals surface area contributed by atoms with Crippen molar-refractivity contribution in [2.75, 3.05) is 33.6 Å². The third kappa shape index (κ3) is 9.64. The Bertz CT molecular complexity index is 667. The Morgan fingerprint density at radius 2 is 1.92 bits per heavy atom. The van der Waals surface area contributed by atoms with Crippen LogP contribution in [0.4, 0.5) is 10.1 Å². The van der Waals surface area contributed by atoms with Gasteiger partial charge in [-0.1, -0.05) is 41.9 Å². The summed E-state index contributed by atoms with van der Waals surface area (Å²) in [6, 6.07) is 15.0. The number of aliphatic imine (C=N–C) groups is 1. The Morgan fingerprint density at radius 1 is 1.27 bits per heavy atom. The van der Waals surface area contributed by atoms with Gasteiger partial charge in [-0.3, -0.25) is 9.18 Å². The SMILES string of the molecule is CF.CN=C(NC)OCCc1cc(N)ccc1Cl.O=Cc1ccccc1. The molecule has 0 unspecified atom stereocenters. The summed E-state index contributed by atoms with van der Waals surface area (Å²) in [6.45, 7) is 0.511. The smallest absolute Gasteiger partial charge is 0.284 e. The topological polar surface area (TPSA) is 76.7 Å². The Balaban J connectivity index is 0.000000522. The lowest BCUT2D eigenvalue weighted by molar-refractivity contribution is 0.112. The van der Waals surface area contributed by atoms with Gasteiger partial charge in [-0.2, -0.15) is 0 Å².